The zero-order chi connectivity index (χ0) is 17.3. The van der Waals surface area contributed by atoms with Crippen LogP contribution in [0.4, 0.5) is 0 Å². The molecule has 0 aromatic heterocycles. The lowest BCUT2D eigenvalue weighted by atomic mass is 9.90. The molecular weight excluding hydrogens is 316 g/mol. The molecule has 2 unspecified atom stereocenters. The van der Waals surface area contributed by atoms with Crippen LogP contribution in [-0.4, -0.2) is 43.6 Å². The van der Waals surface area contributed by atoms with Crippen molar-refractivity contribution in [2.24, 2.45) is 0 Å². The molecule has 3 rings (SSSR count). The highest BCUT2D eigenvalue weighted by Gasteiger charge is 2.70. The molecule has 0 spiro atoms. The Morgan fingerprint density at radius 2 is 1.70 bits per heavy atom. The summed E-state index contributed by atoms with van der Waals surface area (Å²) in [5, 5.41) is 11.8. The van der Waals surface area contributed by atoms with E-state index >= 15 is 0 Å². The van der Waals surface area contributed by atoms with E-state index in [-0.39, 0.29) is 11.3 Å². The van der Waals surface area contributed by atoms with E-state index in [0.29, 0.717) is 6.42 Å². The number of thioether (sulfide) groups is 1. The molecule has 0 bridgehead atoms. The lowest BCUT2D eigenvalue weighted by Gasteiger charge is -2.46. The van der Waals surface area contributed by atoms with E-state index in [2.05, 4.69) is 5.32 Å². The molecule has 2 N–H and O–H groups in total. The van der Waals surface area contributed by atoms with Gasteiger partial charge < -0.3 is 10.4 Å². The summed E-state index contributed by atoms with van der Waals surface area (Å²) in [6, 6.07) is 12.0. The fourth-order valence-electron chi connectivity index (χ4n) is 2.86. The number of benzene rings is 1. The number of β-lactam (4-membered cyclic amide) rings is 1. The van der Waals surface area contributed by atoms with Gasteiger partial charge in [-0.3, -0.25) is 14.5 Å². The molecule has 6 nitrogen and oxygen atoms in total. The Bertz CT molecular complexity index is 593. The first-order chi connectivity index (χ1) is 10.7. The van der Waals surface area contributed by atoms with Gasteiger partial charge in [0.1, 0.15) is 0 Å². The molecule has 1 aromatic rings. The van der Waals surface area contributed by atoms with Gasteiger partial charge in [0, 0.05) is 6.92 Å². The van der Waals surface area contributed by atoms with Crippen molar-refractivity contribution in [1.82, 2.24) is 10.2 Å². The predicted molar refractivity (Wildman–Crippen MR) is 87.5 cm³/mol. The minimum atomic E-state index is -1.64. The van der Waals surface area contributed by atoms with Gasteiger partial charge in [0.15, 0.2) is 0 Å². The third-order valence-electron chi connectivity index (χ3n) is 3.90. The van der Waals surface area contributed by atoms with Gasteiger partial charge in [-0.25, -0.2) is 4.79 Å². The number of rotatable bonds is 2. The molecule has 2 aliphatic heterocycles. The van der Waals surface area contributed by atoms with E-state index in [1.807, 2.05) is 36.4 Å². The monoisotopic (exact) mass is 336 g/mol. The SMILES string of the molecule is CC(=O)NC1(C(=O)O)N2C(=O)CC2SC1(C)C.c1ccccc1. The summed E-state index contributed by atoms with van der Waals surface area (Å²) in [6.07, 6.45) is 0.336. The maximum Gasteiger partial charge on any atom is 0.352 e. The molecule has 2 saturated heterocycles. The standard InChI is InChI=1S/C10H14N2O4S.C6H6/c1-5(13)11-10(8(15)16)9(2,3)17-7-4-6(14)12(7)10;1-2-4-6-5-3-1/h7H,4H2,1-3H3,(H,11,13)(H,15,16);1-6H. The van der Waals surface area contributed by atoms with Crippen LogP contribution in [0.5, 0.6) is 0 Å². The van der Waals surface area contributed by atoms with Crippen LogP contribution < -0.4 is 5.32 Å². The fourth-order valence-corrected chi connectivity index (χ4v) is 4.56. The number of carboxylic acid groups (broad SMARTS) is 1. The lowest BCUT2D eigenvalue weighted by Crippen LogP contribution is -2.74. The van der Waals surface area contributed by atoms with Gasteiger partial charge in [-0.1, -0.05) is 36.4 Å². The zero-order valence-corrected chi connectivity index (χ0v) is 14.1. The van der Waals surface area contributed by atoms with Crippen LogP contribution >= 0.6 is 11.8 Å². The summed E-state index contributed by atoms with van der Waals surface area (Å²) in [4.78, 5) is 35.7. The van der Waals surface area contributed by atoms with Crippen molar-refractivity contribution in [2.45, 2.75) is 43.0 Å². The molecule has 2 heterocycles. The van der Waals surface area contributed by atoms with E-state index in [1.54, 1.807) is 13.8 Å². The van der Waals surface area contributed by atoms with Crippen molar-refractivity contribution in [3.8, 4) is 0 Å². The highest BCUT2D eigenvalue weighted by atomic mass is 32.2. The van der Waals surface area contributed by atoms with E-state index in [0.717, 1.165) is 0 Å². The Morgan fingerprint density at radius 3 is 2.04 bits per heavy atom. The first-order valence-electron chi connectivity index (χ1n) is 7.24. The van der Waals surface area contributed by atoms with Crippen LogP contribution in [0.2, 0.25) is 0 Å². The van der Waals surface area contributed by atoms with Gasteiger partial charge >= 0.3 is 5.97 Å². The van der Waals surface area contributed by atoms with Crippen molar-refractivity contribution in [3.63, 3.8) is 0 Å². The fraction of sp³-hybridized carbons (Fsp3) is 0.438. The minimum Gasteiger partial charge on any atom is -0.478 e. The third-order valence-corrected chi connectivity index (χ3v) is 5.44. The molecule has 2 atom stereocenters. The smallest absolute Gasteiger partial charge is 0.352 e. The summed E-state index contributed by atoms with van der Waals surface area (Å²) >= 11 is 1.41. The van der Waals surface area contributed by atoms with E-state index in [1.165, 1.54) is 23.6 Å². The Kier molecular flexibility index (Phi) is 4.70. The second kappa shape index (κ2) is 6.23. The molecule has 2 amide bonds. The molecule has 2 fully saturated rings. The van der Waals surface area contributed by atoms with Crippen molar-refractivity contribution in [2.75, 3.05) is 0 Å². The number of aliphatic carboxylic acids is 1. The molecule has 1 aromatic carbocycles. The number of fused-ring (bicyclic) bond motifs is 1. The average molecular weight is 336 g/mol. The van der Waals surface area contributed by atoms with Crippen LogP contribution in [0.25, 0.3) is 0 Å². The number of nitrogens with zero attached hydrogens (tertiary/aromatic N) is 1. The van der Waals surface area contributed by atoms with Crippen LogP contribution in [-0.2, 0) is 14.4 Å². The van der Waals surface area contributed by atoms with Gasteiger partial charge in [-0.15, -0.1) is 11.8 Å². The molecule has 0 aliphatic carbocycles. The van der Waals surface area contributed by atoms with Crippen molar-refractivity contribution >= 4 is 29.5 Å². The summed E-state index contributed by atoms with van der Waals surface area (Å²) in [6.45, 7) is 4.71. The summed E-state index contributed by atoms with van der Waals surface area (Å²) in [5.74, 6) is -1.88. The van der Waals surface area contributed by atoms with Gasteiger partial charge in [0.2, 0.25) is 17.5 Å². The Labute approximate surface area is 139 Å². The Balaban J connectivity index is 0.000000268. The van der Waals surface area contributed by atoms with Crippen LogP contribution in [0.1, 0.15) is 27.2 Å². The Morgan fingerprint density at radius 1 is 1.22 bits per heavy atom. The van der Waals surface area contributed by atoms with Crippen molar-refractivity contribution in [1.29, 1.82) is 0 Å². The number of amides is 2. The molecule has 124 valence electrons. The van der Waals surface area contributed by atoms with E-state index in [9.17, 15) is 19.5 Å². The van der Waals surface area contributed by atoms with E-state index < -0.39 is 22.3 Å². The number of carboxylic acids is 1. The van der Waals surface area contributed by atoms with Crippen LogP contribution in [0, 0.1) is 0 Å². The normalized spacial score (nSPS) is 27.2. The minimum absolute atomic E-state index is 0.152. The van der Waals surface area contributed by atoms with Crippen molar-refractivity contribution < 1.29 is 19.5 Å². The summed E-state index contributed by atoms with van der Waals surface area (Å²) in [7, 11) is 0. The number of carbonyl (C=O) groups is 3. The topological polar surface area (TPSA) is 86.7 Å². The number of nitrogens with one attached hydrogen (secondary N) is 1. The maximum absolute atomic E-state index is 11.6. The maximum atomic E-state index is 11.6. The van der Waals surface area contributed by atoms with Gasteiger partial charge in [0.25, 0.3) is 0 Å². The zero-order valence-electron chi connectivity index (χ0n) is 13.3. The second-order valence-corrected chi connectivity index (χ2v) is 7.70. The molecule has 0 radical (unpaired) electrons. The number of hydrogen-bond donors (Lipinski definition) is 2. The molecule has 7 heteroatoms. The summed E-state index contributed by atoms with van der Waals surface area (Å²) < 4.78 is -0.763. The van der Waals surface area contributed by atoms with Crippen LogP contribution in [0.3, 0.4) is 0 Å². The largest absolute Gasteiger partial charge is 0.478 e. The highest BCUT2D eigenvalue weighted by Crippen LogP contribution is 2.55. The first-order valence-corrected chi connectivity index (χ1v) is 8.12. The number of carbonyl (C=O) groups excluding carboxylic acids is 2. The highest BCUT2D eigenvalue weighted by molar-refractivity contribution is 8.01. The molecule has 0 saturated carbocycles. The van der Waals surface area contributed by atoms with Crippen molar-refractivity contribution in [3.05, 3.63) is 36.4 Å². The van der Waals surface area contributed by atoms with E-state index in [4.69, 9.17) is 0 Å². The Hall–Kier alpha value is -2.02. The number of hydrogen-bond acceptors (Lipinski definition) is 4. The third kappa shape index (κ3) is 2.93. The molecular formula is C16H20N2O4S. The summed E-state index contributed by atoms with van der Waals surface area (Å²) in [5.41, 5.74) is -1.64. The average Bonchev–Trinajstić information content (AvgIpc) is 2.64. The second-order valence-electron chi connectivity index (χ2n) is 5.90. The first kappa shape index (κ1) is 17.3. The predicted octanol–water partition coefficient (Wildman–Crippen LogP) is 1.67. The molecule has 2 aliphatic rings. The molecule has 23 heavy (non-hydrogen) atoms. The lowest BCUT2D eigenvalue weighted by molar-refractivity contribution is -0.173. The van der Waals surface area contributed by atoms with Gasteiger partial charge in [-0.05, 0) is 13.8 Å². The van der Waals surface area contributed by atoms with Crippen LogP contribution in [0.15, 0.2) is 36.4 Å². The quantitative estimate of drug-likeness (QED) is 0.802. The van der Waals surface area contributed by atoms with Gasteiger partial charge in [0.05, 0.1) is 16.5 Å². The van der Waals surface area contributed by atoms with Gasteiger partial charge in [-0.2, -0.15) is 0 Å².